The molecule has 0 unspecified atom stereocenters. The van der Waals surface area contributed by atoms with Crippen LogP contribution in [0.4, 0.5) is 0 Å². The number of carbonyl (C=O) groups excluding carboxylic acids is 4. The van der Waals surface area contributed by atoms with Crippen LogP contribution in [-0.2, 0) is 19.1 Å². The average molecular weight is 1100 g/mol. The number of unbranched alkanes of at least 4 members (excludes halogenated alkanes) is 6. The highest BCUT2D eigenvalue weighted by Crippen LogP contribution is 2.42. The maximum Gasteiger partial charge on any atom is 0.343 e. The van der Waals surface area contributed by atoms with Gasteiger partial charge >= 0.3 is 23.9 Å². The Kier molecular flexibility index (Phi) is 21.5. The Hall–Kier alpha value is -9.09. The monoisotopic (exact) mass is 1100 g/mol. The molecule has 0 aliphatic heterocycles. The van der Waals surface area contributed by atoms with E-state index >= 15 is 0 Å². The van der Waals surface area contributed by atoms with E-state index in [1.165, 1.54) is 11.3 Å². The van der Waals surface area contributed by atoms with Crippen molar-refractivity contribution in [2.45, 2.75) is 51.4 Å². The van der Waals surface area contributed by atoms with Crippen LogP contribution in [-0.4, -0.2) is 81.7 Å². The molecule has 80 heavy (non-hydrogen) atoms. The summed E-state index contributed by atoms with van der Waals surface area (Å²) in [5.41, 5.74) is 2.12. The first-order valence-corrected chi connectivity index (χ1v) is 27.2. The lowest BCUT2D eigenvalue weighted by molar-refractivity contribution is -0.138. The number of ether oxygens (including phenoxy) is 10. The van der Waals surface area contributed by atoms with Crippen molar-refractivity contribution in [2.75, 3.05) is 52.9 Å². The molecule has 0 saturated heterocycles. The number of aromatic nitrogens is 1. The number of esters is 4. The normalized spacial score (nSPS) is 10.8. The highest BCUT2D eigenvalue weighted by Gasteiger charge is 2.19. The van der Waals surface area contributed by atoms with Crippen molar-refractivity contribution < 1.29 is 71.0 Å². The first-order chi connectivity index (χ1) is 39.2. The van der Waals surface area contributed by atoms with Gasteiger partial charge in [-0.1, -0.05) is 31.4 Å². The van der Waals surface area contributed by atoms with Gasteiger partial charge in [-0.3, -0.25) is 0 Å². The zero-order valence-corrected chi connectivity index (χ0v) is 45.0. The lowest BCUT2D eigenvalue weighted by Crippen LogP contribution is -2.11. The van der Waals surface area contributed by atoms with Crippen molar-refractivity contribution in [1.82, 2.24) is 4.98 Å². The number of rotatable bonds is 33. The molecule has 0 aliphatic rings. The molecule has 0 atom stereocenters. The third-order valence-corrected chi connectivity index (χ3v) is 13.1. The summed E-state index contributed by atoms with van der Waals surface area (Å²) in [6.45, 7) is 9.46. The van der Waals surface area contributed by atoms with Crippen LogP contribution in [0.3, 0.4) is 0 Å². The number of hydrogen-bond acceptors (Lipinski definition) is 17. The molecule has 8 aromatic rings. The second kappa shape index (κ2) is 30.2. The fourth-order valence-electron chi connectivity index (χ4n) is 7.88. The molecule has 2 heterocycles. The third kappa shape index (κ3) is 17.5. The first kappa shape index (κ1) is 57.1. The van der Waals surface area contributed by atoms with Crippen LogP contribution in [0, 0.1) is 0 Å². The molecular weight excluding hydrogens is 1040 g/mol. The number of carbonyl (C=O) groups is 4. The quantitative estimate of drug-likeness (QED) is 0.0163. The molecule has 2 aromatic heterocycles. The maximum atomic E-state index is 12.9. The zero-order chi connectivity index (χ0) is 55.7. The summed E-state index contributed by atoms with van der Waals surface area (Å²) in [7, 11) is 0. The Morgan fingerprint density at radius 2 is 0.863 bits per heavy atom. The molecule has 0 spiro atoms. The van der Waals surface area contributed by atoms with Gasteiger partial charge in [0.2, 0.25) is 0 Å². The summed E-state index contributed by atoms with van der Waals surface area (Å²) in [5.74, 6) is 3.10. The molecule has 16 nitrogen and oxygen atoms in total. The van der Waals surface area contributed by atoms with Crippen LogP contribution in [0.25, 0.3) is 32.0 Å². The summed E-state index contributed by atoms with van der Waals surface area (Å²) in [6.07, 6.45) is 9.30. The van der Waals surface area contributed by atoms with Gasteiger partial charge in [-0.15, -0.1) is 11.3 Å². The molecule has 0 radical (unpaired) electrons. The highest BCUT2D eigenvalue weighted by molar-refractivity contribution is 7.22. The van der Waals surface area contributed by atoms with Crippen LogP contribution in [0.15, 0.2) is 169 Å². The average Bonchev–Trinajstić information content (AvgIpc) is 4.14. The Bertz CT molecular complexity index is 3080. The minimum atomic E-state index is -0.503. The smallest absolute Gasteiger partial charge is 0.343 e. The molecule has 414 valence electrons. The summed E-state index contributed by atoms with van der Waals surface area (Å²) in [5, 5.41) is 1.62. The molecule has 6 aromatic carbocycles. The van der Waals surface area contributed by atoms with Gasteiger partial charge in [0, 0.05) is 17.5 Å². The topological polar surface area (TPSA) is 187 Å². The van der Waals surface area contributed by atoms with E-state index in [2.05, 4.69) is 13.2 Å². The van der Waals surface area contributed by atoms with Crippen LogP contribution >= 0.6 is 11.3 Å². The van der Waals surface area contributed by atoms with Gasteiger partial charge in [-0.25, -0.2) is 24.2 Å². The van der Waals surface area contributed by atoms with Crippen molar-refractivity contribution in [3.63, 3.8) is 0 Å². The molecule has 0 bridgehead atoms. The van der Waals surface area contributed by atoms with Gasteiger partial charge in [0.15, 0.2) is 10.8 Å². The summed E-state index contributed by atoms with van der Waals surface area (Å²) in [4.78, 5) is 53.0. The minimum absolute atomic E-state index is 0.204. The minimum Gasteiger partial charge on any atom is -0.494 e. The summed E-state index contributed by atoms with van der Waals surface area (Å²) < 4.78 is 64.2. The van der Waals surface area contributed by atoms with Gasteiger partial charge < -0.3 is 51.8 Å². The number of benzene rings is 6. The van der Waals surface area contributed by atoms with Crippen molar-refractivity contribution >= 4 is 56.4 Å². The largest absolute Gasteiger partial charge is 0.494 e. The fraction of sp³-hybridized carbons (Fsp3) is 0.254. The Labute approximate surface area is 467 Å². The standard InChI is InChI=1S/C63H61NO15S/c1-3-57(65)75-37-13-7-5-11-35-69-47-21-17-44(18-22-47)62(67)77-51-29-25-49(26-30-51)71-39-41-73-54-33-34-55(60-59(54)64-61(80-60)56-43-46-15-9-10-16-53(46)79-56)74-42-40-72-50-27-31-52(32-28-50)78-63(68)45-19-23-48(24-20-45)70-36-12-6-8-14-38-76-58(66)4-2/h3-4,9-10,15-34,43H,1-2,5-8,11-14,35-42H2. The van der Waals surface area contributed by atoms with Crippen molar-refractivity contribution in [3.8, 4) is 56.8 Å². The van der Waals surface area contributed by atoms with Gasteiger partial charge in [0.25, 0.3) is 0 Å². The predicted molar refractivity (Wildman–Crippen MR) is 303 cm³/mol. The van der Waals surface area contributed by atoms with E-state index < -0.39 is 23.9 Å². The van der Waals surface area contributed by atoms with Crippen LogP contribution in [0.2, 0.25) is 0 Å². The van der Waals surface area contributed by atoms with E-state index in [9.17, 15) is 19.2 Å². The molecular formula is C63H61NO15S. The number of fused-ring (bicyclic) bond motifs is 2. The number of hydrogen-bond donors (Lipinski definition) is 0. The van der Waals surface area contributed by atoms with Gasteiger partial charge in [-0.05, 0) is 173 Å². The number of para-hydroxylation sites is 1. The maximum absolute atomic E-state index is 12.9. The summed E-state index contributed by atoms with van der Waals surface area (Å²) in [6, 6.07) is 40.5. The Morgan fingerprint density at radius 1 is 0.450 bits per heavy atom. The van der Waals surface area contributed by atoms with E-state index in [1.54, 1.807) is 97.1 Å². The number of thiazole rings is 1. The van der Waals surface area contributed by atoms with Crippen LogP contribution < -0.4 is 37.9 Å². The van der Waals surface area contributed by atoms with Crippen LogP contribution in [0.5, 0.6) is 46.0 Å². The van der Waals surface area contributed by atoms with E-state index in [-0.39, 0.29) is 26.4 Å². The van der Waals surface area contributed by atoms with Gasteiger partial charge in [-0.2, -0.15) is 0 Å². The van der Waals surface area contributed by atoms with Gasteiger partial charge in [0.1, 0.15) is 88.2 Å². The molecule has 0 fully saturated rings. The van der Waals surface area contributed by atoms with Crippen molar-refractivity contribution in [1.29, 1.82) is 0 Å². The first-order valence-electron chi connectivity index (χ1n) is 26.3. The van der Waals surface area contributed by atoms with E-state index in [4.69, 9.17) is 56.8 Å². The molecule has 0 saturated carbocycles. The molecule has 17 heteroatoms. The van der Waals surface area contributed by atoms with E-state index in [1.807, 2.05) is 42.5 Å². The van der Waals surface area contributed by atoms with Crippen molar-refractivity contribution in [3.05, 3.63) is 176 Å². The lowest BCUT2D eigenvalue weighted by atomic mass is 10.2. The number of nitrogens with zero attached hydrogens (tertiary/aromatic N) is 1. The van der Waals surface area contributed by atoms with E-state index in [0.29, 0.717) is 99.8 Å². The molecule has 0 amide bonds. The third-order valence-electron chi connectivity index (χ3n) is 12.0. The zero-order valence-electron chi connectivity index (χ0n) is 44.1. The fourth-order valence-corrected chi connectivity index (χ4v) is 8.88. The second-order valence-electron chi connectivity index (χ2n) is 17.8. The lowest BCUT2D eigenvalue weighted by Gasteiger charge is -2.12. The summed E-state index contributed by atoms with van der Waals surface area (Å²) >= 11 is 1.43. The van der Waals surface area contributed by atoms with Crippen molar-refractivity contribution in [2.24, 2.45) is 0 Å². The Morgan fingerprint density at radius 3 is 1.35 bits per heavy atom. The molecule has 0 aliphatic carbocycles. The number of furan rings is 1. The van der Waals surface area contributed by atoms with E-state index in [0.717, 1.165) is 79.2 Å². The molecule has 0 N–H and O–H groups in total. The Balaban J connectivity index is 0.769. The highest BCUT2D eigenvalue weighted by atomic mass is 32.1. The SMILES string of the molecule is C=CC(=O)OCCCCCCOc1ccc(C(=O)Oc2ccc(OCCOc3ccc(OCCOc4ccc(OC(=O)c5ccc(OCCCCCCOC(=O)C=C)cc5)cc4)c4sc(-c5cc6ccccc6o5)nc34)cc2)cc1. The second-order valence-corrected chi connectivity index (χ2v) is 18.8. The van der Waals surface area contributed by atoms with Gasteiger partial charge in [0.05, 0.1) is 37.6 Å². The predicted octanol–water partition coefficient (Wildman–Crippen LogP) is 13.4. The van der Waals surface area contributed by atoms with Crippen LogP contribution in [0.1, 0.15) is 72.1 Å². The molecule has 8 rings (SSSR count).